The first-order valence-corrected chi connectivity index (χ1v) is 11.1. The molecule has 0 spiro atoms. The number of aromatic nitrogens is 2. The van der Waals surface area contributed by atoms with Crippen molar-refractivity contribution in [3.63, 3.8) is 0 Å². The molecule has 5 nitrogen and oxygen atoms in total. The van der Waals surface area contributed by atoms with E-state index in [1.165, 1.54) is 12.3 Å². The molecular weight excluding hydrogens is 542 g/mol. The maximum absolute atomic E-state index is 14.3. The van der Waals surface area contributed by atoms with Gasteiger partial charge in [-0.05, 0) is 46.9 Å². The topological polar surface area (TPSA) is 59.3 Å². The molecule has 4 aromatic rings. The van der Waals surface area contributed by atoms with Crippen LogP contribution in [0.3, 0.4) is 0 Å². The summed E-state index contributed by atoms with van der Waals surface area (Å²) in [7, 11) is 0. The van der Waals surface area contributed by atoms with Crippen LogP contribution in [0, 0.1) is 9.39 Å². The van der Waals surface area contributed by atoms with Crippen LogP contribution < -0.4 is 5.43 Å². The molecule has 0 saturated heterocycles. The lowest BCUT2D eigenvalue weighted by Crippen LogP contribution is -2.18. The summed E-state index contributed by atoms with van der Waals surface area (Å²) in [4.78, 5) is 12.4. The van der Waals surface area contributed by atoms with Crippen LogP contribution in [-0.2, 0) is 6.54 Å². The highest BCUT2D eigenvalue weighted by molar-refractivity contribution is 14.1. The van der Waals surface area contributed by atoms with Crippen molar-refractivity contribution in [3.05, 3.63) is 110 Å². The molecule has 0 unspecified atom stereocenters. The van der Waals surface area contributed by atoms with Gasteiger partial charge in [0.25, 0.3) is 5.91 Å². The Labute approximate surface area is 203 Å². The van der Waals surface area contributed by atoms with Crippen molar-refractivity contribution in [1.29, 1.82) is 0 Å². The normalized spacial score (nSPS) is 11.1. The highest BCUT2D eigenvalue weighted by Crippen LogP contribution is 2.24. The van der Waals surface area contributed by atoms with Gasteiger partial charge in [-0.15, -0.1) is 0 Å². The Morgan fingerprint density at radius 3 is 2.59 bits per heavy atom. The van der Waals surface area contributed by atoms with Crippen LogP contribution in [0.1, 0.15) is 21.5 Å². The first-order chi connectivity index (χ1) is 15.5. The smallest absolute Gasteiger partial charge is 0.267 e. The van der Waals surface area contributed by atoms with Crippen molar-refractivity contribution in [1.82, 2.24) is 15.2 Å². The van der Waals surface area contributed by atoms with E-state index in [9.17, 15) is 9.18 Å². The number of nitrogens with zero attached hydrogens (tertiary/aromatic N) is 3. The van der Waals surface area contributed by atoms with Crippen molar-refractivity contribution in [2.24, 2.45) is 5.10 Å². The van der Waals surface area contributed by atoms with Gasteiger partial charge in [0.1, 0.15) is 11.5 Å². The lowest BCUT2D eigenvalue weighted by atomic mass is 10.1. The average Bonchev–Trinajstić information content (AvgIpc) is 3.20. The minimum absolute atomic E-state index is 0.160. The number of hydrazone groups is 1. The summed E-state index contributed by atoms with van der Waals surface area (Å²) in [6.45, 7) is 0.160. The number of carbonyl (C=O) groups is 1. The molecule has 0 radical (unpaired) electrons. The number of hydrogen-bond acceptors (Lipinski definition) is 3. The monoisotopic (exact) mass is 558 g/mol. The molecule has 0 aliphatic carbocycles. The van der Waals surface area contributed by atoms with E-state index >= 15 is 0 Å². The van der Waals surface area contributed by atoms with Crippen molar-refractivity contribution in [3.8, 4) is 11.3 Å². The fourth-order valence-electron chi connectivity index (χ4n) is 3.14. The van der Waals surface area contributed by atoms with Gasteiger partial charge in [-0.2, -0.15) is 10.2 Å². The molecule has 8 heteroatoms. The fraction of sp³-hybridized carbons (Fsp3) is 0.0417. The number of amides is 1. The number of benzene rings is 3. The zero-order chi connectivity index (χ0) is 22.5. The van der Waals surface area contributed by atoms with E-state index in [2.05, 4.69) is 38.2 Å². The van der Waals surface area contributed by atoms with E-state index in [-0.39, 0.29) is 12.5 Å². The molecule has 0 saturated carbocycles. The van der Waals surface area contributed by atoms with Gasteiger partial charge in [0.15, 0.2) is 0 Å². The minimum Gasteiger partial charge on any atom is -0.267 e. The molecule has 0 aliphatic rings. The summed E-state index contributed by atoms with van der Waals surface area (Å²) in [6, 6.07) is 21.4. The largest absolute Gasteiger partial charge is 0.272 e. The quantitative estimate of drug-likeness (QED) is 0.186. The van der Waals surface area contributed by atoms with Crippen LogP contribution >= 0.6 is 34.2 Å². The third-order valence-electron chi connectivity index (χ3n) is 4.71. The molecule has 3 aromatic carbocycles. The summed E-state index contributed by atoms with van der Waals surface area (Å²) in [5.41, 5.74) is 5.65. The zero-order valence-electron chi connectivity index (χ0n) is 16.7. The highest BCUT2D eigenvalue weighted by atomic mass is 127. The Balaban J connectivity index is 1.62. The van der Waals surface area contributed by atoms with Gasteiger partial charge >= 0.3 is 0 Å². The molecule has 0 atom stereocenters. The van der Waals surface area contributed by atoms with Crippen LogP contribution in [0.2, 0.25) is 5.02 Å². The summed E-state index contributed by atoms with van der Waals surface area (Å²) >= 11 is 8.28. The molecule has 32 heavy (non-hydrogen) atoms. The van der Waals surface area contributed by atoms with Crippen LogP contribution in [-0.4, -0.2) is 21.9 Å². The molecule has 160 valence electrons. The predicted octanol–water partition coefficient (Wildman–Crippen LogP) is 5.76. The number of hydrogen-bond donors (Lipinski definition) is 1. The van der Waals surface area contributed by atoms with Crippen LogP contribution in [0.4, 0.5) is 4.39 Å². The lowest BCUT2D eigenvalue weighted by molar-refractivity contribution is 0.0954. The lowest BCUT2D eigenvalue weighted by Gasteiger charge is -2.05. The van der Waals surface area contributed by atoms with E-state index in [4.69, 9.17) is 11.6 Å². The number of halogens is 3. The van der Waals surface area contributed by atoms with E-state index in [1.54, 1.807) is 35.1 Å². The molecule has 1 heterocycles. The minimum atomic E-state index is -0.394. The molecule has 0 aliphatic heterocycles. The average molecular weight is 559 g/mol. The number of carbonyl (C=O) groups excluding carboxylic acids is 1. The molecular formula is C24H17ClFIN4O. The van der Waals surface area contributed by atoms with E-state index in [1.807, 2.05) is 42.5 Å². The second kappa shape index (κ2) is 10.1. The second-order valence-corrected chi connectivity index (χ2v) is 8.45. The van der Waals surface area contributed by atoms with E-state index in [0.29, 0.717) is 27.4 Å². The molecule has 1 N–H and O–H groups in total. The maximum atomic E-state index is 14.3. The first kappa shape index (κ1) is 22.2. The molecule has 4 rings (SSSR count). The molecule has 0 fully saturated rings. The third kappa shape index (κ3) is 5.05. The standard InChI is InChI=1S/C24H17ClFIN4O/c25-20-10-6-11-21(26)19(20)15-31-14-17(23(30-31)16-7-2-1-3-8-16)13-28-29-24(32)18-9-4-5-12-22(18)27/h1-14H,15H2,(H,29,32)/b28-13+. The molecule has 1 aromatic heterocycles. The Kier molecular flexibility index (Phi) is 6.96. The summed E-state index contributed by atoms with van der Waals surface area (Å²) in [5, 5.41) is 9.07. The van der Waals surface area contributed by atoms with Gasteiger partial charge < -0.3 is 0 Å². The highest BCUT2D eigenvalue weighted by Gasteiger charge is 2.14. The zero-order valence-corrected chi connectivity index (χ0v) is 19.6. The van der Waals surface area contributed by atoms with E-state index in [0.717, 1.165) is 9.13 Å². The maximum Gasteiger partial charge on any atom is 0.272 e. The molecule has 0 bridgehead atoms. The summed E-state index contributed by atoms with van der Waals surface area (Å²) in [5.74, 6) is -0.702. The number of rotatable bonds is 6. The van der Waals surface area contributed by atoms with E-state index < -0.39 is 5.82 Å². The predicted molar refractivity (Wildman–Crippen MR) is 132 cm³/mol. The summed E-state index contributed by atoms with van der Waals surface area (Å²) < 4.78 is 16.7. The Morgan fingerprint density at radius 2 is 1.84 bits per heavy atom. The molecule has 1 amide bonds. The van der Waals surface area contributed by atoms with Gasteiger partial charge in [0, 0.05) is 31.5 Å². The van der Waals surface area contributed by atoms with Crippen molar-refractivity contribution in [2.75, 3.05) is 0 Å². The second-order valence-electron chi connectivity index (χ2n) is 6.88. The van der Waals surface area contributed by atoms with Gasteiger partial charge in [0.05, 0.1) is 18.3 Å². The SMILES string of the molecule is O=C(N/N=C/c1cn(Cc2c(F)cccc2Cl)nc1-c1ccccc1)c1ccccc1I. The fourth-order valence-corrected chi connectivity index (χ4v) is 4.00. The first-order valence-electron chi connectivity index (χ1n) is 9.66. The van der Waals surface area contributed by atoms with Crippen molar-refractivity contribution >= 4 is 46.3 Å². The van der Waals surface area contributed by atoms with Gasteiger partial charge in [-0.25, -0.2) is 9.82 Å². The Morgan fingerprint density at radius 1 is 1.09 bits per heavy atom. The number of nitrogens with one attached hydrogen (secondary N) is 1. The van der Waals surface area contributed by atoms with Crippen LogP contribution in [0.25, 0.3) is 11.3 Å². The summed E-state index contributed by atoms with van der Waals surface area (Å²) in [6.07, 6.45) is 3.27. The van der Waals surface area contributed by atoms with Crippen molar-refractivity contribution in [2.45, 2.75) is 6.54 Å². The van der Waals surface area contributed by atoms with Gasteiger partial charge in [-0.1, -0.05) is 60.1 Å². The van der Waals surface area contributed by atoms with Gasteiger partial charge in [-0.3, -0.25) is 9.48 Å². The van der Waals surface area contributed by atoms with Crippen LogP contribution in [0.5, 0.6) is 0 Å². The Bertz CT molecular complexity index is 1270. The van der Waals surface area contributed by atoms with Gasteiger partial charge in [0.2, 0.25) is 0 Å². The Hall–Kier alpha value is -3.04. The van der Waals surface area contributed by atoms with Crippen LogP contribution in [0.15, 0.2) is 84.1 Å². The van der Waals surface area contributed by atoms with Crippen molar-refractivity contribution < 1.29 is 9.18 Å². The third-order valence-corrected chi connectivity index (χ3v) is 6.00.